The lowest BCUT2D eigenvalue weighted by Gasteiger charge is -2.35. The Kier molecular flexibility index (Phi) is 6.23. The van der Waals surface area contributed by atoms with Crippen molar-refractivity contribution in [3.8, 4) is 5.75 Å². The lowest BCUT2D eigenvalue weighted by molar-refractivity contribution is -0.143. The number of carbonyl (C=O) groups excluding carboxylic acids is 2. The molecule has 4 rings (SSSR count). The Labute approximate surface area is 181 Å². The summed E-state index contributed by atoms with van der Waals surface area (Å²) in [6.07, 6.45) is 2.49. The van der Waals surface area contributed by atoms with Gasteiger partial charge in [-0.05, 0) is 29.3 Å². The van der Waals surface area contributed by atoms with Crippen molar-refractivity contribution < 1.29 is 19.1 Å². The Balaban J connectivity index is 1.51. The predicted octanol–water partition coefficient (Wildman–Crippen LogP) is 2.37. The predicted molar refractivity (Wildman–Crippen MR) is 118 cm³/mol. The number of nitrogens with zero attached hydrogens (tertiary/aromatic N) is 2. The third kappa shape index (κ3) is 4.27. The molecule has 7 heteroatoms. The minimum atomic E-state index is -0.540. The van der Waals surface area contributed by atoms with Gasteiger partial charge in [0.15, 0.2) is 6.61 Å². The van der Waals surface area contributed by atoms with E-state index in [1.807, 2.05) is 54.7 Å². The molecule has 0 spiro atoms. The summed E-state index contributed by atoms with van der Waals surface area (Å²) in [5.41, 5.74) is 3.19. The summed E-state index contributed by atoms with van der Waals surface area (Å²) in [6.45, 7) is 1.63. The molecule has 3 aromatic rings. The van der Waals surface area contributed by atoms with Crippen molar-refractivity contribution in [1.82, 2.24) is 14.8 Å². The number of rotatable bonds is 7. The Bertz CT molecular complexity index is 1090. The summed E-state index contributed by atoms with van der Waals surface area (Å²) < 4.78 is 13.2. The van der Waals surface area contributed by atoms with Gasteiger partial charge in [0.05, 0.1) is 12.1 Å². The van der Waals surface area contributed by atoms with E-state index in [2.05, 4.69) is 9.88 Å². The number of nitrogens with one attached hydrogen (secondary N) is 1. The number of ether oxygens (including phenoxy) is 2. The molecule has 1 atom stereocenters. The SMILES string of the molecule is CNC(=O)C1Cc2ccccc2CN1C(=O)COc1cccc2c1ccn2CCOC. The van der Waals surface area contributed by atoms with Gasteiger partial charge >= 0.3 is 0 Å². The molecule has 0 fully saturated rings. The third-order valence-corrected chi connectivity index (χ3v) is 5.78. The van der Waals surface area contributed by atoms with E-state index in [-0.39, 0.29) is 18.4 Å². The van der Waals surface area contributed by atoms with Gasteiger partial charge in [-0.25, -0.2) is 0 Å². The minimum absolute atomic E-state index is 0.127. The van der Waals surface area contributed by atoms with E-state index >= 15 is 0 Å². The first-order chi connectivity index (χ1) is 15.1. The Morgan fingerprint density at radius 2 is 1.90 bits per heavy atom. The highest BCUT2D eigenvalue weighted by atomic mass is 16.5. The van der Waals surface area contributed by atoms with Crippen LogP contribution in [-0.2, 0) is 33.8 Å². The topological polar surface area (TPSA) is 72.8 Å². The van der Waals surface area contributed by atoms with Gasteiger partial charge in [0.1, 0.15) is 11.8 Å². The summed E-state index contributed by atoms with van der Waals surface area (Å²) in [4.78, 5) is 27.2. The molecular weight excluding hydrogens is 394 g/mol. The summed E-state index contributed by atoms with van der Waals surface area (Å²) in [7, 11) is 3.27. The van der Waals surface area contributed by atoms with Crippen LogP contribution in [0.25, 0.3) is 10.9 Å². The van der Waals surface area contributed by atoms with E-state index in [1.54, 1.807) is 19.1 Å². The number of aromatic nitrogens is 1. The van der Waals surface area contributed by atoms with E-state index in [1.165, 1.54) is 0 Å². The van der Waals surface area contributed by atoms with Crippen molar-refractivity contribution in [1.29, 1.82) is 0 Å². The van der Waals surface area contributed by atoms with Crippen LogP contribution in [0.2, 0.25) is 0 Å². The molecule has 0 radical (unpaired) electrons. The maximum atomic E-state index is 13.1. The Hall–Kier alpha value is -3.32. The number of likely N-dealkylation sites (N-methyl/N-ethyl adjacent to an activating group) is 1. The third-order valence-electron chi connectivity index (χ3n) is 5.78. The molecule has 0 saturated heterocycles. The molecule has 1 aromatic heterocycles. The maximum Gasteiger partial charge on any atom is 0.261 e. The van der Waals surface area contributed by atoms with Gasteiger partial charge in [-0.2, -0.15) is 0 Å². The van der Waals surface area contributed by atoms with Gasteiger partial charge < -0.3 is 24.3 Å². The highest BCUT2D eigenvalue weighted by Crippen LogP contribution is 2.28. The number of hydrogen-bond acceptors (Lipinski definition) is 4. The van der Waals surface area contributed by atoms with Gasteiger partial charge in [0.2, 0.25) is 5.91 Å². The second-order valence-corrected chi connectivity index (χ2v) is 7.60. The van der Waals surface area contributed by atoms with E-state index in [0.29, 0.717) is 25.3 Å². The number of hydrogen-bond donors (Lipinski definition) is 1. The van der Waals surface area contributed by atoms with Crippen molar-refractivity contribution in [3.63, 3.8) is 0 Å². The van der Waals surface area contributed by atoms with Crippen LogP contribution in [0.4, 0.5) is 0 Å². The van der Waals surface area contributed by atoms with Crippen LogP contribution in [0.1, 0.15) is 11.1 Å². The number of methoxy groups -OCH3 is 1. The zero-order valence-electron chi connectivity index (χ0n) is 17.8. The molecule has 0 saturated carbocycles. The largest absolute Gasteiger partial charge is 0.483 e. The Morgan fingerprint density at radius 3 is 2.68 bits per heavy atom. The van der Waals surface area contributed by atoms with E-state index in [0.717, 1.165) is 28.6 Å². The standard InChI is InChI=1S/C24H27N3O4/c1-25-24(29)21-14-17-6-3-4-7-18(17)15-27(21)23(28)16-31-22-9-5-8-20-19(22)10-11-26(20)12-13-30-2/h3-11,21H,12-16H2,1-2H3,(H,25,29). The number of carbonyl (C=O) groups is 2. The van der Waals surface area contributed by atoms with Gasteiger partial charge in [0, 0.05) is 45.3 Å². The van der Waals surface area contributed by atoms with E-state index < -0.39 is 6.04 Å². The fourth-order valence-electron chi connectivity index (χ4n) is 4.11. The zero-order chi connectivity index (χ0) is 21.8. The minimum Gasteiger partial charge on any atom is -0.483 e. The average molecular weight is 421 g/mol. The number of benzene rings is 2. The van der Waals surface area contributed by atoms with Gasteiger partial charge in [-0.1, -0.05) is 30.3 Å². The van der Waals surface area contributed by atoms with E-state index in [9.17, 15) is 9.59 Å². The smallest absolute Gasteiger partial charge is 0.261 e. The normalized spacial score (nSPS) is 15.5. The molecule has 2 heterocycles. The summed E-state index contributed by atoms with van der Waals surface area (Å²) in [5.74, 6) is 0.273. The van der Waals surface area contributed by atoms with Crippen molar-refractivity contribution in [2.24, 2.45) is 0 Å². The second kappa shape index (κ2) is 9.22. The van der Waals surface area contributed by atoms with Crippen LogP contribution >= 0.6 is 0 Å². The molecule has 1 unspecified atom stereocenters. The quantitative estimate of drug-likeness (QED) is 0.636. The van der Waals surface area contributed by atoms with E-state index in [4.69, 9.17) is 9.47 Å². The molecule has 2 amide bonds. The molecule has 7 nitrogen and oxygen atoms in total. The number of amides is 2. The highest BCUT2D eigenvalue weighted by Gasteiger charge is 2.34. The van der Waals surface area contributed by atoms with Crippen LogP contribution in [0.3, 0.4) is 0 Å². The van der Waals surface area contributed by atoms with Crippen molar-refractivity contribution in [3.05, 3.63) is 65.9 Å². The van der Waals surface area contributed by atoms with Crippen LogP contribution in [-0.4, -0.2) is 54.7 Å². The van der Waals surface area contributed by atoms with Gasteiger partial charge in [0.25, 0.3) is 5.91 Å². The molecule has 1 aliphatic heterocycles. The maximum absolute atomic E-state index is 13.1. The summed E-state index contributed by atoms with van der Waals surface area (Å²) in [6, 6.07) is 15.2. The average Bonchev–Trinajstić information content (AvgIpc) is 3.23. The van der Waals surface area contributed by atoms with Gasteiger partial charge in [-0.15, -0.1) is 0 Å². The monoisotopic (exact) mass is 421 g/mol. The Morgan fingerprint density at radius 1 is 1.10 bits per heavy atom. The lowest BCUT2D eigenvalue weighted by atomic mass is 9.93. The molecule has 0 aliphatic carbocycles. The first kappa shape index (κ1) is 20.9. The highest BCUT2D eigenvalue weighted by molar-refractivity contribution is 5.90. The first-order valence-electron chi connectivity index (χ1n) is 10.4. The molecular formula is C24H27N3O4. The molecule has 162 valence electrons. The van der Waals surface area contributed by atoms with Crippen LogP contribution in [0.15, 0.2) is 54.7 Å². The molecule has 2 aromatic carbocycles. The second-order valence-electron chi connectivity index (χ2n) is 7.60. The van der Waals surface area contributed by atoms with Crippen molar-refractivity contribution in [2.75, 3.05) is 27.4 Å². The van der Waals surface area contributed by atoms with Crippen molar-refractivity contribution >= 4 is 22.7 Å². The molecule has 1 aliphatic rings. The molecule has 1 N–H and O–H groups in total. The van der Waals surface area contributed by atoms with Crippen molar-refractivity contribution in [2.45, 2.75) is 25.6 Å². The zero-order valence-corrected chi connectivity index (χ0v) is 17.8. The molecule has 0 bridgehead atoms. The van der Waals surface area contributed by atoms with Crippen LogP contribution in [0.5, 0.6) is 5.75 Å². The lowest BCUT2D eigenvalue weighted by Crippen LogP contribution is -2.53. The fourth-order valence-corrected chi connectivity index (χ4v) is 4.11. The van der Waals surface area contributed by atoms with Crippen LogP contribution in [0, 0.1) is 0 Å². The van der Waals surface area contributed by atoms with Crippen LogP contribution < -0.4 is 10.1 Å². The first-order valence-corrected chi connectivity index (χ1v) is 10.4. The summed E-state index contributed by atoms with van der Waals surface area (Å²) >= 11 is 0. The van der Waals surface area contributed by atoms with Gasteiger partial charge in [-0.3, -0.25) is 9.59 Å². The summed E-state index contributed by atoms with van der Waals surface area (Å²) in [5, 5.41) is 3.62. The fraction of sp³-hybridized carbons (Fsp3) is 0.333. The molecule has 31 heavy (non-hydrogen) atoms. The number of fused-ring (bicyclic) bond motifs is 2.